The Morgan fingerprint density at radius 1 is 1.47 bits per heavy atom. The first-order valence-corrected chi connectivity index (χ1v) is 6.09. The Labute approximate surface area is 87.8 Å². The minimum Gasteiger partial charge on any atom is -0.497 e. The molecule has 0 saturated carbocycles. The number of carbonyl (C=O) groups is 1. The van der Waals surface area contributed by atoms with E-state index in [9.17, 15) is 13.2 Å². The van der Waals surface area contributed by atoms with Gasteiger partial charge in [0, 0.05) is 0 Å². The second-order valence-electron chi connectivity index (χ2n) is 3.43. The van der Waals surface area contributed by atoms with Crippen molar-refractivity contribution in [3.63, 3.8) is 0 Å². The largest absolute Gasteiger partial charge is 0.497 e. The number of rotatable bonds is 2. The third kappa shape index (κ3) is 1.52. The van der Waals surface area contributed by atoms with Gasteiger partial charge in [0.2, 0.25) is 0 Å². The van der Waals surface area contributed by atoms with Crippen molar-refractivity contribution in [2.45, 2.75) is 10.8 Å². The van der Waals surface area contributed by atoms with Crippen LogP contribution in [0.1, 0.15) is 11.5 Å². The summed E-state index contributed by atoms with van der Waals surface area (Å²) in [6.45, 7) is 0. The monoisotopic (exact) mass is 226 g/mol. The van der Waals surface area contributed by atoms with Crippen molar-refractivity contribution < 1.29 is 17.9 Å². The van der Waals surface area contributed by atoms with Gasteiger partial charge in [-0.15, -0.1) is 0 Å². The van der Waals surface area contributed by atoms with Gasteiger partial charge >= 0.3 is 0 Å². The second kappa shape index (κ2) is 3.34. The minimum absolute atomic E-state index is 0.126. The van der Waals surface area contributed by atoms with Gasteiger partial charge in [-0.3, -0.25) is 0 Å². The van der Waals surface area contributed by atoms with Crippen LogP contribution in [0.15, 0.2) is 23.1 Å². The van der Waals surface area contributed by atoms with E-state index in [4.69, 9.17) is 4.74 Å². The summed E-state index contributed by atoms with van der Waals surface area (Å²) >= 11 is 0. The van der Waals surface area contributed by atoms with Gasteiger partial charge in [-0.05, 0) is 23.8 Å². The molecule has 80 valence electrons. The standard InChI is InChI=1S/C10H10O4S/c1-14-8-2-3-10-9(4-8)7(5-11)6-15(10,12)13/h2-5,7H,6H2,1H3. The number of carbonyl (C=O) groups excluding carboxylic acids is 1. The predicted octanol–water partition coefficient (Wildman–Crippen LogP) is 0.765. The number of hydrogen-bond acceptors (Lipinski definition) is 4. The van der Waals surface area contributed by atoms with E-state index in [1.54, 1.807) is 12.1 Å². The van der Waals surface area contributed by atoms with Crippen LogP contribution in [0.4, 0.5) is 0 Å². The molecule has 1 aromatic carbocycles. The Bertz CT molecular complexity index is 504. The van der Waals surface area contributed by atoms with Gasteiger partial charge < -0.3 is 9.53 Å². The highest BCUT2D eigenvalue weighted by molar-refractivity contribution is 7.91. The number of hydrogen-bond donors (Lipinski definition) is 0. The zero-order valence-electron chi connectivity index (χ0n) is 8.14. The van der Waals surface area contributed by atoms with Crippen molar-refractivity contribution in [3.05, 3.63) is 23.8 Å². The Morgan fingerprint density at radius 2 is 2.20 bits per heavy atom. The maximum atomic E-state index is 11.6. The van der Waals surface area contributed by atoms with Gasteiger partial charge in [0.1, 0.15) is 12.0 Å². The average Bonchev–Trinajstić information content (AvgIpc) is 2.50. The molecular weight excluding hydrogens is 216 g/mol. The fourth-order valence-corrected chi connectivity index (χ4v) is 3.51. The van der Waals surface area contributed by atoms with Crippen molar-refractivity contribution in [1.29, 1.82) is 0 Å². The SMILES string of the molecule is COc1ccc2c(c1)C(C=O)CS2(=O)=O. The third-order valence-corrected chi connectivity index (χ3v) is 4.35. The van der Waals surface area contributed by atoms with E-state index in [1.165, 1.54) is 13.2 Å². The van der Waals surface area contributed by atoms with Crippen LogP contribution in [0.2, 0.25) is 0 Å². The molecule has 0 aliphatic carbocycles. The highest BCUT2D eigenvalue weighted by atomic mass is 32.2. The van der Waals surface area contributed by atoms with E-state index in [2.05, 4.69) is 0 Å². The molecule has 0 spiro atoms. The molecule has 2 rings (SSSR count). The number of fused-ring (bicyclic) bond motifs is 1. The topological polar surface area (TPSA) is 60.4 Å². The normalized spacial score (nSPS) is 22.1. The number of methoxy groups -OCH3 is 1. The van der Waals surface area contributed by atoms with Crippen LogP contribution in [-0.2, 0) is 14.6 Å². The first-order valence-electron chi connectivity index (χ1n) is 4.44. The quantitative estimate of drug-likeness (QED) is 0.699. The lowest BCUT2D eigenvalue weighted by atomic mass is 10.0. The molecule has 15 heavy (non-hydrogen) atoms. The van der Waals surface area contributed by atoms with Crippen LogP contribution < -0.4 is 4.74 Å². The van der Waals surface area contributed by atoms with Crippen LogP contribution in [0.25, 0.3) is 0 Å². The first kappa shape index (κ1) is 10.2. The second-order valence-corrected chi connectivity index (χ2v) is 5.43. The molecular formula is C10H10O4S. The maximum Gasteiger partial charge on any atom is 0.179 e. The summed E-state index contributed by atoms with van der Waals surface area (Å²) in [6, 6.07) is 4.69. The van der Waals surface area contributed by atoms with Crippen molar-refractivity contribution >= 4 is 16.1 Å². The summed E-state index contributed by atoms with van der Waals surface area (Å²) in [5, 5.41) is 0. The molecule has 1 heterocycles. The fourth-order valence-electron chi connectivity index (χ4n) is 1.76. The highest BCUT2D eigenvalue weighted by Gasteiger charge is 2.34. The Balaban J connectivity index is 2.64. The van der Waals surface area contributed by atoms with E-state index < -0.39 is 15.8 Å². The lowest BCUT2D eigenvalue weighted by molar-refractivity contribution is -0.108. The molecule has 0 amide bonds. The van der Waals surface area contributed by atoms with Crippen molar-refractivity contribution in [1.82, 2.24) is 0 Å². The number of ether oxygens (including phenoxy) is 1. The molecule has 5 heteroatoms. The van der Waals surface area contributed by atoms with Crippen LogP contribution in [0.3, 0.4) is 0 Å². The Morgan fingerprint density at radius 3 is 2.80 bits per heavy atom. The van der Waals surface area contributed by atoms with E-state index in [1.807, 2.05) is 0 Å². The molecule has 0 saturated heterocycles. The van der Waals surface area contributed by atoms with Crippen LogP contribution >= 0.6 is 0 Å². The predicted molar refractivity (Wildman–Crippen MR) is 53.9 cm³/mol. The van der Waals surface area contributed by atoms with Crippen molar-refractivity contribution in [2.24, 2.45) is 0 Å². The summed E-state index contributed by atoms with van der Waals surface area (Å²) in [4.78, 5) is 11.0. The fraction of sp³-hybridized carbons (Fsp3) is 0.300. The molecule has 0 fully saturated rings. The van der Waals surface area contributed by atoms with E-state index in [0.29, 0.717) is 17.6 Å². The van der Waals surface area contributed by atoms with Crippen LogP contribution in [0.5, 0.6) is 5.75 Å². The number of aldehydes is 1. The average molecular weight is 226 g/mol. The summed E-state index contributed by atoms with van der Waals surface area (Å²) in [7, 11) is -1.78. The zero-order valence-corrected chi connectivity index (χ0v) is 8.95. The lowest BCUT2D eigenvalue weighted by Crippen LogP contribution is -2.03. The number of benzene rings is 1. The molecule has 1 unspecified atom stereocenters. The summed E-state index contributed by atoms with van der Waals surface area (Å²) in [5.74, 6) is -0.114. The first-order chi connectivity index (χ1) is 7.08. The van der Waals surface area contributed by atoms with E-state index in [-0.39, 0.29) is 10.6 Å². The van der Waals surface area contributed by atoms with E-state index in [0.717, 1.165) is 0 Å². The smallest absolute Gasteiger partial charge is 0.179 e. The molecule has 1 aliphatic heterocycles. The molecule has 0 radical (unpaired) electrons. The molecule has 0 bridgehead atoms. The Hall–Kier alpha value is -1.36. The molecule has 1 atom stereocenters. The number of sulfone groups is 1. The van der Waals surface area contributed by atoms with E-state index >= 15 is 0 Å². The minimum atomic E-state index is -3.28. The molecule has 1 aromatic rings. The summed E-state index contributed by atoms with van der Waals surface area (Å²) in [5.41, 5.74) is 0.546. The van der Waals surface area contributed by atoms with Gasteiger partial charge in [0.15, 0.2) is 9.84 Å². The van der Waals surface area contributed by atoms with Gasteiger partial charge in [-0.1, -0.05) is 0 Å². The van der Waals surface area contributed by atoms with Crippen molar-refractivity contribution in [2.75, 3.05) is 12.9 Å². The van der Waals surface area contributed by atoms with Gasteiger partial charge in [0.25, 0.3) is 0 Å². The highest BCUT2D eigenvalue weighted by Crippen LogP contribution is 2.35. The lowest BCUT2D eigenvalue weighted by Gasteiger charge is -2.04. The van der Waals surface area contributed by atoms with Gasteiger partial charge in [-0.2, -0.15) is 0 Å². The summed E-state index contributed by atoms with van der Waals surface area (Å²) < 4.78 is 28.2. The molecule has 4 nitrogen and oxygen atoms in total. The van der Waals surface area contributed by atoms with Crippen LogP contribution in [0, 0.1) is 0 Å². The molecule has 0 N–H and O–H groups in total. The molecule has 1 aliphatic rings. The molecule has 0 aromatic heterocycles. The Kier molecular flexibility index (Phi) is 2.26. The maximum absolute atomic E-state index is 11.6. The van der Waals surface area contributed by atoms with Crippen LogP contribution in [-0.4, -0.2) is 27.6 Å². The zero-order chi connectivity index (χ0) is 11.1. The van der Waals surface area contributed by atoms with Gasteiger partial charge in [-0.25, -0.2) is 8.42 Å². The summed E-state index contributed by atoms with van der Waals surface area (Å²) in [6.07, 6.45) is 0.669. The third-order valence-electron chi connectivity index (χ3n) is 2.51. The van der Waals surface area contributed by atoms with Crippen molar-refractivity contribution in [3.8, 4) is 5.75 Å². The van der Waals surface area contributed by atoms with Gasteiger partial charge in [0.05, 0.1) is 23.7 Å².